The SMILES string of the molecule is CCc1cc2c(=O)c(-c3ccc(F)cc3)c(C(F)(F)F)oc2c(C[NH+](C)C)c1O. The van der Waals surface area contributed by atoms with Crippen molar-refractivity contribution < 1.29 is 32.0 Å². The van der Waals surface area contributed by atoms with Crippen LogP contribution in [-0.4, -0.2) is 19.2 Å². The minimum Gasteiger partial charge on any atom is -0.507 e. The lowest BCUT2D eigenvalue weighted by molar-refractivity contribution is -0.872. The second-order valence-electron chi connectivity index (χ2n) is 7.12. The summed E-state index contributed by atoms with van der Waals surface area (Å²) in [5, 5.41) is 10.5. The van der Waals surface area contributed by atoms with Gasteiger partial charge in [0.25, 0.3) is 0 Å². The monoisotopic (exact) mass is 410 g/mol. The van der Waals surface area contributed by atoms with Crippen LogP contribution in [0.5, 0.6) is 5.75 Å². The molecule has 0 spiro atoms. The van der Waals surface area contributed by atoms with Gasteiger partial charge >= 0.3 is 6.18 Å². The molecular formula is C21H20F4NO3+. The number of phenols is 1. The van der Waals surface area contributed by atoms with Crippen molar-refractivity contribution in [3.8, 4) is 16.9 Å². The van der Waals surface area contributed by atoms with Crippen LogP contribution in [0, 0.1) is 5.82 Å². The van der Waals surface area contributed by atoms with Crippen molar-refractivity contribution in [3.05, 3.63) is 63.3 Å². The number of fused-ring (bicyclic) bond motifs is 1. The van der Waals surface area contributed by atoms with Gasteiger partial charge in [-0.2, -0.15) is 13.2 Å². The van der Waals surface area contributed by atoms with E-state index in [-0.39, 0.29) is 34.4 Å². The van der Waals surface area contributed by atoms with Gasteiger partial charge in [-0.1, -0.05) is 19.1 Å². The first kappa shape index (κ1) is 20.9. The maximum Gasteiger partial charge on any atom is 0.450 e. The molecule has 1 heterocycles. The van der Waals surface area contributed by atoms with Gasteiger partial charge in [0.15, 0.2) is 5.58 Å². The zero-order valence-corrected chi connectivity index (χ0v) is 16.1. The summed E-state index contributed by atoms with van der Waals surface area (Å²) in [5.74, 6) is -2.28. The van der Waals surface area contributed by atoms with Crippen molar-refractivity contribution in [2.75, 3.05) is 14.1 Å². The average Bonchev–Trinajstić information content (AvgIpc) is 2.63. The second kappa shape index (κ2) is 7.51. The smallest absolute Gasteiger partial charge is 0.450 e. The van der Waals surface area contributed by atoms with Crippen LogP contribution in [0.15, 0.2) is 39.5 Å². The van der Waals surface area contributed by atoms with Crippen molar-refractivity contribution in [2.24, 2.45) is 0 Å². The van der Waals surface area contributed by atoms with Crippen molar-refractivity contribution >= 4 is 11.0 Å². The van der Waals surface area contributed by atoms with Gasteiger partial charge in [0.05, 0.1) is 30.6 Å². The number of aryl methyl sites for hydroxylation is 1. The van der Waals surface area contributed by atoms with Gasteiger partial charge in [0.2, 0.25) is 11.2 Å². The molecule has 0 amide bonds. The van der Waals surface area contributed by atoms with Crippen LogP contribution in [0.25, 0.3) is 22.1 Å². The lowest BCUT2D eigenvalue weighted by atomic mass is 9.97. The summed E-state index contributed by atoms with van der Waals surface area (Å²) in [5.41, 5.74) is -1.36. The van der Waals surface area contributed by atoms with E-state index >= 15 is 0 Å². The van der Waals surface area contributed by atoms with Crippen molar-refractivity contribution in [2.45, 2.75) is 26.1 Å². The number of hydrogen-bond acceptors (Lipinski definition) is 3. The van der Waals surface area contributed by atoms with E-state index in [4.69, 9.17) is 4.42 Å². The zero-order valence-electron chi connectivity index (χ0n) is 16.1. The Labute approximate surface area is 164 Å². The molecule has 0 aliphatic rings. The van der Waals surface area contributed by atoms with E-state index in [1.807, 2.05) is 0 Å². The third-order valence-electron chi connectivity index (χ3n) is 4.63. The Morgan fingerprint density at radius 1 is 1.14 bits per heavy atom. The highest BCUT2D eigenvalue weighted by molar-refractivity contribution is 5.87. The molecule has 0 unspecified atom stereocenters. The van der Waals surface area contributed by atoms with Crippen LogP contribution in [0.4, 0.5) is 17.6 Å². The molecule has 4 nitrogen and oxygen atoms in total. The summed E-state index contributed by atoms with van der Waals surface area (Å²) in [4.78, 5) is 14.0. The summed E-state index contributed by atoms with van der Waals surface area (Å²) in [6.45, 7) is 1.92. The number of halogens is 4. The van der Waals surface area contributed by atoms with E-state index < -0.39 is 28.7 Å². The molecule has 0 aliphatic carbocycles. The number of quaternary nitrogens is 1. The van der Waals surface area contributed by atoms with Crippen molar-refractivity contribution in [1.29, 1.82) is 0 Å². The molecule has 0 saturated heterocycles. The standard InChI is InChI=1S/C21H19F4NO3/c1-4-11-9-14-18(28)16(12-5-7-13(22)8-6-12)20(21(23,24)25)29-19(14)15(17(11)27)10-26(2)3/h5-9,27H,4,10H2,1-3H3/p+1. The van der Waals surface area contributed by atoms with Crippen LogP contribution in [-0.2, 0) is 19.1 Å². The van der Waals surface area contributed by atoms with E-state index in [0.717, 1.165) is 29.2 Å². The first-order valence-electron chi connectivity index (χ1n) is 9.01. The highest BCUT2D eigenvalue weighted by Crippen LogP contribution is 2.39. The van der Waals surface area contributed by atoms with Gasteiger partial charge in [-0.25, -0.2) is 4.39 Å². The number of alkyl halides is 3. The van der Waals surface area contributed by atoms with E-state index in [2.05, 4.69) is 0 Å². The summed E-state index contributed by atoms with van der Waals surface area (Å²) in [6, 6.07) is 5.53. The molecule has 3 rings (SSSR count). The van der Waals surface area contributed by atoms with Crippen LogP contribution in [0.2, 0.25) is 0 Å². The van der Waals surface area contributed by atoms with E-state index in [0.29, 0.717) is 12.0 Å². The molecule has 0 atom stereocenters. The van der Waals surface area contributed by atoms with Crippen molar-refractivity contribution in [3.63, 3.8) is 0 Å². The molecule has 2 aromatic carbocycles. The average molecular weight is 410 g/mol. The molecule has 29 heavy (non-hydrogen) atoms. The number of benzene rings is 2. The Morgan fingerprint density at radius 2 is 1.76 bits per heavy atom. The first-order chi connectivity index (χ1) is 13.5. The van der Waals surface area contributed by atoms with Gasteiger partial charge in [-0.05, 0) is 35.7 Å². The largest absolute Gasteiger partial charge is 0.507 e. The normalized spacial score (nSPS) is 12.1. The van der Waals surface area contributed by atoms with Crippen LogP contribution in [0.1, 0.15) is 23.8 Å². The number of aromatic hydroxyl groups is 1. The highest BCUT2D eigenvalue weighted by Gasteiger charge is 2.40. The van der Waals surface area contributed by atoms with Gasteiger partial charge in [0, 0.05) is 0 Å². The topological polar surface area (TPSA) is 54.9 Å². The lowest BCUT2D eigenvalue weighted by Crippen LogP contribution is -3.04. The highest BCUT2D eigenvalue weighted by atomic mass is 19.4. The minimum absolute atomic E-state index is 0.0526. The molecule has 1 aromatic heterocycles. The van der Waals surface area contributed by atoms with E-state index in [1.165, 1.54) is 6.07 Å². The van der Waals surface area contributed by atoms with Gasteiger partial charge < -0.3 is 14.4 Å². The number of nitrogens with one attached hydrogen (secondary N) is 1. The molecular weight excluding hydrogens is 390 g/mol. The Balaban J connectivity index is 2.49. The Kier molecular flexibility index (Phi) is 5.40. The quantitative estimate of drug-likeness (QED) is 0.647. The molecule has 154 valence electrons. The van der Waals surface area contributed by atoms with Crippen LogP contribution < -0.4 is 10.3 Å². The fourth-order valence-electron chi connectivity index (χ4n) is 3.31. The molecule has 0 fully saturated rings. The molecule has 3 aromatic rings. The summed E-state index contributed by atoms with van der Waals surface area (Å²) in [7, 11) is 3.53. The van der Waals surface area contributed by atoms with Gasteiger partial charge in [-0.3, -0.25) is 4.79 Å². The maximum atomic E-state index is 13.8. The van der Waals surface area contributed by atoms with Gasteiger partial charge in [0.1, 0.15) is 18.1 Å². The summed E-state index contributed by atoms with van der Waals surface area (Å²) in [6.07, 6.45) is -4.58. The maximum absolute atomic E-state index is 13.8. The summed E-state index contributed by atoms with van der Waals surface area (Å²) >= 11 is 0. The Bertz CT molecular complexity index is 1120. The molecule has 0 bridgehead atoms. The predicted molar refractivity (Wildman–Crippen MR) is 100 cm³/mol. The fraction of sp³-hybridized carbons (Fsp3) is 0.286. The van der Waals surface area contributed by atoms with E-state index in [1.54, 1.807) is 21.0 Å². The predicted octanol–water partition coefficient (Wildman–Crippen LogP) is 3.53. The fourth-order valence-corrected chi connectivity index (χ4v) is 3.31. The third kappa shape index (κ3) is 3.85. The first-order valence-corrected chi connectivity index (χ1v) is 9.01. The minimum atomic E-state index is -4.96. The van der Waals surface area contributed by atoms with Crippen LogP contribution >= 0.6 is 0 Å². The lowest BCUT2D eigenvalue weighted by Gasteiger charge is -2.17. The Hall–Kier alpha value is -2.87. The molecule has 0 saturated carbocycles. The summed E-state index contributed by atoms with van der Waals surface area (Å²) < 4.78 is 59.9. The Morgan fingerprint density at radius 3 is 2.28 bits per heavy atom. The number of rotatable bonds is 4. The van der Waals surface area contributed by atoms with Crippen LogP contribution in [0.3, 0.4) is 0 Å². The third-order valence-corrected chi connectivity index (χ3v) is 4.63. The van der Waals surface area contributed by atoms with Crippen molar-refractivity contribution in [1.82, 2.24) is 0 Å². The molecule has 8 heteroatoms. The zero-order chi connectivity index (χ0) is 21.5. The number of phenolic OH excluding ortho intramolecular Hbond substituents is 1. The molecule has 2 N–H and O–H groups in total. The van der Waals surface area contributed by atoms with Gasteiger partial charge in [-0.15, -0.1) is 0 Å². The van der Waals surface area contributed by atoms with E-state index in [9.17, 15) is 27.5 Å². The second-order valence-corrected chi connectivity index (χ2v) is 7.12. The number of hydrogen-bond donors (Lipinski definition) is 2. The molecule has 0 aliphatic heterocycles. The molecule has 0 radical (unpaired) electrons.